The number of amides is 1. The van der Waals surface area contributed by atoms with Crippen molar-refractivity contribution in [3.8, 4) is 23.1 Å². The third kappa shape index (κ3) is 4.80. The largest absolute Gasteiger partial charge is 0.495 e. The summed E-state index contributed by atoms with van der Waals surface area (Å²) >= 11 is 0. The van der Waals surface area contributed by atoms with E-state index in [1.807, 2.05) is 58.1 Å². The molecule has 3 heterocycles. The average molecular weight is 535 g/mol. The summed E-state index contributed by atoms with van der Waals surface area (Å²) in [5.41, 5.74) is 4.20. The molecule has 0 N–H and O–H groups in total. The van der Waals surface area contributed by atoms with Crippen LogP contribution < -0.4 is 9.64 Å². The molecule has 9 heteroatoms. The summed E-state index contributed by atoms with van der Waals surface area (Å²) in [5.74, 6) is 0.741. The first kappa shape index (κ1) is 25.3. The van der Waals surface area contributed by atoms with Gasteiger partial charge in [-0.15, -0.1) is 0 Å². The molecule has 8 nitrogen and oxygen atoms in total. The van der Waals surface area contributed by atoms with Gasteiger partial charge in [0.25, 0.3) is 0 Å². The zero-order chi connectivity index (χ0) is 27.6. The molecular weight excluding hydrogens is 507 g/mol. The Bertz CT molecular complexity index is 1640. The topological polar surface area (TPSA) is 86.8 Å². The Labute approximate surface area is 231 Å². The third-order valence-electron chi connectivity index (χ3n) is 7.42. The molecule has 200 valence electrons. The lowest BCUT2D eigenvalue weighted by atomic mass is 10.1. The number of hydrogen-bond donors (Lipinski definition) is 0. The summed E-state index contributed by atoms with van der Waals surface area (Å²) in [5, 5.41) is 9.28. The maximum Gasteiger partial charge on any atom is 0.229 e. The highest BCUT2D eigenvalue weighted by Crippen LogP contribution is 2.32. The Kier molecular flexibility index (Phi) is 6.74. The van der Waals surface area contributed by atoms with Gasteiger partial charge in [-0.2, -0.15) is 5.26 Å². The van der Waals surface area contributed by atoms with E-state index in [9.17, 15) is 10.1 Å². The highest BCUT2D eigenvalue weighted by molar-refractivity contribution is 5.95. The molecule has 0 spiro atoms. The summed E-state index contributed by atoms with van der Waals surface area (Å²) in [4.78, 5) is 26.8. The van der Waals surface area contributed by atoms with Crippen molar-refractivity contribution in [2.24, 2.45) is 4.99 Å². The maximum absolute atomic E-state index is 15.1. The standard InChI is InChI=1S/C31H27FN6O2/c1-40-29-12-21(10-11-23(29)14-33)16-37-20-34-15-24(37)13-31(39)38-19-30-35-27(22-6-3-2-4-7-22)18-36(30)17-25-26(32)8-5-9-28(25)38/h2-12,18,20,24H,13,15-17,19H2,1H3. The van der Waals surface area contributed by atoms with Crippen LogP contribution in [0.4, 0.5) is 10.1 Å². The number of methoxy groups -OCH3 is 1. The molecule has 1 aromatic heterocycles. The fourth-order valence-electron chi connectivity index (χ4n) is 5.31. The van der Waals surface area contributed by atoms with Gasteiger partial charge in [0.05, 0.1) is 56.1 Å². The Hall–Kier alpha value is -4.97. The maximum atomic E-state index is 15.1. The summed E-state index contributed by atoms with van der Waals surface area (Å²) in [7, 11) is 1.54. The van der Waals surface area contributed by atoms with Crippen LogP contribution >= 0.6 is 0 Å². The molecule has 0 fully saturated rings. The summed E-state index contributed by atoms with van der Waals surface area (Å²) in [6.07, 6.45) is 3.89. The Balaban J connectivity index is 1.25. The molecule has 1 amide bonds. The third-order valence-corrected chi connectivity index (χ3v) is 7.42. The minimum absolute atomic E-state index is 0.123. The van der Waals surface area contributed by atoms with Crippen LogP contribution in [0.2, 0.25) is 0 Å². The number of nitriles is 1. The number of carbonyl (C=O) groups excluding carboxylic acids is 1. The summed E-state index contributed by atoms with van der Waals surface area (Å²) < 4.78 is 22.4. The number of halogens is 1. The number of rotatable bonds is 6. The monoisotopic (exact) mass is 534 g/mol. The van der Waals surface area contributed by atoms with Crippen molar-refractivity contribution >= 4 is 17.9 Å². The second kappa shape index (κ2) is 10.7. The van der Waals surface area contributed by atoms with Gasteiger partial charge >= 0.3 is 0 Å². The molecule has 4 aromatic rings. The molecule has 0 bridgehead atoms. The molecule has 0 radical (unpaired) electrons. The van der Waals surface area contributed by atoms with Crippen LogP contribution in [0.5, 0.6) is 5.75 Å². The van der Waals surface area contributed by atoms with E-state index in [2.05, 4.69) is 11.1 Å². The van der Waals surface area contributed by atoms with Gasteiger partial charge < -0.3 is 19.1 Å². The highest BCUT2D eigenvalue weighted by atomic mass is 19.1. The Morgan fingerprint density at radius 2 is 1.98 bits per heavy atom. The van der Waals surface area contributed by atoms with E-state index in [0.29, 0.717) is 48.0 Å². The predicted molar refractivity (Wildman–Crippen MR) is 149 cm³/mol. The van der Waals surface area contributed by atoms with E-state index in [0.717, 1.165) is 16.8 Å². The van der Waals surface area contributed by atoms with E-state index in [-0.39, 0.29) is 30.7 Å². The predicted octanol–water partition coefficient (Wildman–Crippen LogP) is 4.77. The van der Waals surface area contributed by atoms with Gasteiger partial charge in [0.2, 0.25) is 5.91 Å². The van der Waals surface area contributed by atoms with Crippen LogP contribution in [-0.2, 0) is 24.4 Å². The van der Waals surface area contributed by atoms with Gasteiger partial charge in [0.15, 0.2) is 0 Å². The molecule has 40 heavy (non-hydrogen) atoms. The molecule has 0 saturated heterocycles. The number of imidazole rings is 1. The van der Waals surface area contributed by atoms with Crippen LogP contribution in [0.15, 0.2) is 77.9 Å². The van der Waals surface area contributed by atoms with Gasteiger partial charge in [-0.05, 0) is 29.8 Å². The first-order valence-electron chi connectivity index (χ1n) is 13.1. The van der Waals surface area contributed by atoms with Gasteiger partial charge in [-0.1, -0.05) is 42.5 Å². The van der Waals surface area contributed by atoms with E-state index in [4.69, 9.17) is 9.72 Å². The Morgan fingerprint density at radius 3 is 2.77 bits per heavy atom. The SMILES string of the molecule is COc1cc(CN2C=NCC2CC(=O)N2Cc3nc(-c4ccccc4)cn3Cc3c(F)cccc32)ccc1C#N. The van der Waals surface area contributed by atoms with Gasteiger partial charge in [-0.3, -0.25) is 9.79 Å². The van der Waals surface area contributed by atoms with Crippen molar-refractivity contribution in [2.45, 2.75) is 32.1 Å². The lowest BCUT2D eigenvalue weighted by molar-refractivity contribution is -0.119. The molecule has 0 aliphatic carbocycles. The second-order valence-electron chi connectivity index (χ2n) is 9.91. The number of hydrogen-bond acceptors (Lipinski definition) is 6. The van der Waals surface area contributed by atoms with Crippen LogP contribution in [0.25, 0.3) is 11.3 Å². The minimum Gasteiger partial charge on any atom is -0.495 e. The number of ether oxygens (including phenoxy) is 1. The smallest absolute Gasteiger partial charge is 0.229 e. The van der Waals surface area contributed by atoms with E-state index >= 15 is 4.39 Å². The van der Waals surface area contributed by atoms with Crippen LogP contribution in [0, 0.1) is 17.1 Å². The average Bonchev–Trinajstić information content (AvgIpc) is 3.55. The van der Waals surface area contributed by atoms with Crippen molar-refractivity contribution in [3.05, 3.63) is 101 Å². The minimum atomic E-state index is -0.348. The molecule has 1 unspecified atom stereocenters. The number of aromatic nitrogens is 2. The van der Waals surface area contributed by atoms with Crippen molar-refractivity contribution in [2.75, 3.05) is 18.6 Å². The molecule has 0 saturated carbocycles. The van der Waals surface area contributed by atoms with Crippen molar-refractivity contribution in [1.29, 1.82) is 5.26 Å². The number of anilines is 1. The normalized spacial score (nSPS) is 15.8. The molecule has 3 aromatic carbocycles. The van der Waals surface area contributed by atoms with Crippen LogP contribution in [0.1, 0.15) is 28.9 Å². The van der Waals surface area contributed by atoms with Crippen LogP contribution in [-0.4, -0.2) is 46.4 Å². The van der Waals surface area contributed by atoms with E-state index < -0.39 is 0 Å². The van der Waals surface area contributed by atoms with Gasteiger partial charge in [-0.25, -0.2) is 9.37 Å². The zero-order valence-corrected chi connectivity index (χ0v) is 22.0. The lowest BCUT2D eigenvalue weighted by Gasteiger charge is -2.28. The number of fused-ring (bicyclic) bond motifs is 2. The summed E-state index contributed by atoms with van der Waals surface area (Å²) in [6, 6.07) is 22.1. The first-order valence-corrected chi connectivity index (χ1v) is 13.1. The number of carbonyl (C=O) groups is 1. The first-order chi connectivity index (χ1) is 19.5. The van der Waals surface area contributed by atoms with Crippen molar-refractivity contribution in [3.63, 3.8) is 0 Å². The molecule has 2 aliphatic rings. The lowest BCUT2D eigenvalue weighted by Crippen LogP contribution is -2.39. The molecule has 2 aliphatic heterocycles. The molecular formula is C31H27FN6O2. The molecule has 6 rings (SSSR count). The zero-order valence-electron chi connectivity index (χ0n) is 22.0. The van der Waals surface area contributed by atoms with E-state index in [1.165, 1.54) is 13.2 Å². The van der Waals surface area contributed by atoms with Gasteiger partial charge in [0.1, 0.15) is 23.5 Å². The Morgan fingerprint density at radius 1 is 1.12 bits per heavy atom. The van der Waals surface area contributed by atoms with Crippen molar-refractivity contribution < 1.29 is 13.9 Å². The number of benzene rings is 3. The highest BCUT2D eigenvalue weighted by Gasteiger charge is 2.31. The molecule has 1 atom stereocenters. The fourth-order valence-corrected chi connectivity index (χ4v) is 5.31. The second-order valence-corrected chi connectivity index (χ2v) is 9.91. The van der Waals surface area contributed by atoms with Crippen LogP contribution in [0.3, 0.4) is 0 Å². The number of aliphatic imine (C=N–C) groups is 1. The quantitative estimate of drug-likeness (QED) is 0.356. The van der Waals surface area contributed by atoms with Gasteiger partial charge in [0, 0.05) is 30.3 Å². The summed E-state index contributed by atoms with van der Waals surface area (Å²) in [6.45, 7) is 1.53. The van der Waals surface area contributed by atoms with E-state index in [1.54, 1.807) is 29.4 Å². The number of nitrogens with zero attached hydrogens (tertiary/aromatic N) is 6. The van der Waals surface area contributed by atoms with Crippen molar-refractivity contribution in [1.82, 2.24) is 14.5 Å². The fraction of sp³-hybridized carbons (Fsp3) is 0.226.